The summed E-state index contributed by atoms with van der Waals surface area (Å²) < 4.78 is 0. The summed E-state index contributed by atoms with van der Waals surface area (Å²) >= 11 is 1.48. The van der Waals surface area contributed by atoms with Crippen LogP contribution in [0.4, 0.5) is 0 Å². The summed E-state index contributed by atoms with van der Waals surface area (Å²) in [5.41, 5.74) is 4.42. The number of aryl methyl sites for hydroxylation is 2. The molecule has 0 radical (unpaired) electrons. The molecule has 1 saturated carbocycles. The summed E-state index contributed by atoms with van der Waals surface area (Å²) in [6.07, 6.45) is 4.24. The van der Waals surface area contributed by atoms with Crippen LogP contribution in [0.5, 0.6) is 0 Å². The quantitative estimate of drug-likeness (QED) is 0.835. The van der Waals surface area contributed by atoms with Gasteiger partial charge in [0, 0.05) is 10.6 Å². The summed E-state index contributed by atoms with van der Waals surface area (Å²) in [7, 11) is 0. The molecule has 2 N–H and O–H groups in total. The number of thiophene rings is 1. The van der Waals surface area contributed by atoms with Crippen molar-refractivity contribution in [1.82, 2.24) is 15.4 Å². The summed E-state index contributed by atoms with van der Waals surface area (Å²) in [4.78, 5) is 33.1. The second-order valence-electron chi connectivity index (χ2n) is 6.38. The zero-order chi connectivity index (χ0) is 17.3. The fourth-order valence-electron chi connectivity index (χ4n) is 3.07. The molecule has 1 atom stereocenters. The number of amides is 1. The number of aromatic nitrogens is 2. The topological polar surface area (TPSA) is 87.2 Å². The number of nitrogens with one attached hydrogen (secondary N) is 2. The molecule has 128 valence electrons. The van der Waals surface area contributed by atoms with Crippen LogP contribution >= 0.6 is 11.3 Å². The van der Waals surface area contributed by atoms with Crippen molar-refractivity contribution >= 4 is 33.2 Å². The highest BCUT2D eigenvalue weighted by molar-refractivity contribution is 7.18. The Bertz CT molecular complexity index is 865. The molecule has 2 aromatic rings. The minimum Gasteiger partial charge on any atom is -0.309 e. The van der Waals surface area contributed by atoms with Gasteiger partial charge in [0.2, 0.25) is 5.91 Å². The van der Waals surface area contributed by atoms with Crippen LogP contribution in [-0.2, 0) is 11.2 Å². The van der Waals surface area contributed by atoms with E-state index in [9.17, 15) is 9.59 Å². The largest absolute Gasteiger partial charge is 0.309 e. The molecule has 1 aliphatic carbocycles. The van der Waals surface area contributed by atoms with Crippen LogP contribution in [0.15, 0.2) is 9.90 Å². The molecule has 2 heterocycles. The molecule has 3 rings (SSSR count). The van der Waals surface area contributed by atoms with E-state index in [-0.39, 0.29) is 17.9 Å². The lowest BCUT2D eigenvalue weighted by molar-refractivity contribution is -0.120. The Labute approximate surface area is 144 Å². The predicted molar refractivity (Wildman–Crippen MR) is 96.6 cm³/mol. The fourth-order valence-corrected chi connectivity index (χ4v) is 4.12. The third-order valence-electron chi connectivity index (χ3n) is 4.70. The zero-order valence-corrected chi connectivity index (χ0v) is 15.0. The van der Waals surface area contributed by atoms with Gasteiger partial charge in [0.1, 0.15) is 10.7 Å². The molecule has 0 aromatic carbocycles. The average Bonchev–Trinajstić information content (AvgIpc) is 3.10. The van der Waals surface area contributed by atoms with E-state index in [4.69, 9.17) is 0 Å². The first-order valence-electron chi connectivity index (χ1n) is 8.31. The van der Waals surface area contributed by atoms with Gasteiger partial charge in [-0.2, -0.15) is 5.10 Å². The monoisotopic (exact) mass is 346 g/mol. The molecule has 1 amide bonds. The number of hydrazone groups is 1. The van der Waals surface area contributed by atoms with E-state index >= 15 is 0 Å². The van der Waals surface area contributed by atoms with Gasteiger partial charge in [0.25, 0.3) is 5.56 Å². The van der Waals surface area contributed by atoms with E-state index in [0.717, 1.165) is 41.8 Å². The molecular formula is C17H22N4O2S. The molecule has 6 nitrogen and oxygen atoms in total. The van der Waals surface area contributed by atoms with E-state index in [0.29, 0.717) is 22.0 Å². The third kappa shape index (κ3) is 3.40. The van der Waals surface area contributed by atoms with E-state index < -0.39 is 0 Å². The molecule has 0 unspecified atom stereocenters. The molecule has 1 fully saturated rings. The number of H-pyrrole nitrogens is 1. The lowest BCUT2D eigenvalue weighted by Crippen LogP contribution is -2.23. The number of carbonyl (C=O) groups is 1. The van der Waals surface area contributed by atoms with Crippen molar-refractivity contribution in [2.45, 2.75) is 52.9 Å². The Morgan fingerprint density at radius 2 is 2.25 bits per heavy atom. The number of fused-ring (bicyclic) bond motifs is 1. The second kappa shape index (κ2) is 6.84. The van der Waals surface area contributed by atoms with Crippen molar-refractivity contribution in [3.05, 3.63) is 26.6 Å². The first kappa shape index (κ1) is 16.8. The maximum absolute atomic E-state index is 12.2. The van der Waals surface area contributed by atoms with Gasteiger partial charge in [0.15, 0.2) is 0 Å². The highest BCUT2D eigenvalue weighted by atomic mass is 32.1. The molecule has 1 aliphatic rings. The van der Waals surface area contributed by atoms with Crippen molar-refractivity contribution in [3.8, 4) is 0 Å². The summed E-state index contributed by atoms with van der Waals surface area (Å²) in [6.45, 7) is 6.06. The molecule has 0 saturated heterocycles. The Kier molecular flexibility index (Phi) is 4.80. The number of hydrogen-bond acceptors (Lipinski definition) is 5. The Morgan fingerprint density at radius 1 is 1.46 bits per heavy atom. The maximum Gasteiger partial charge on any atom is 0.259 e. The molecular weight excluding hydrogens is 324 g/mol. The lowest BCUT2D eigenvalue weighted by Gasteiger charge is -2.03. The number of nitrogens with zero attached hydrogens (tertiary/aromatic N) is 2. The Hall–Kier alpha value is -2.02. The van der Waals surface area contributed by atoms with E-state index in [1.165, 1.54) is 11.3 Å². The van der Waals surface area contributed by atoms with Crippen molar-refractivity contribution in [2.24, 2.45) is 11.0 Å². The fraction of sp³-hybridized carbons (Fsp3) is 0.529. The van der Waals surface area contributed by atoms with Crippen LogP contribution < -0.4 is 11.0 Å². The minimum absolute atomic E-state index is 0.0230. The van der Waals surface area contributed by atoms with Crippen LogP contribution in [0.2, 0.25) is 0 Å². The van der Waals surface area contributed by atoms with Gasteiger partial charge in [-0.05, 0) is 44.6 Å². The molecule has 2 aromatic heterocycles. The second-order valence-corrected chi connectivity index (χ2v) is 7.59. The number of carbonyl (C=O) groups excluding carboxylic acids is 1. The molecule has 0 aliphatic heterocycles. The maximum atomic E-state index is 12.2. The van der Waals surface area contributed by atoms with Gasteiger partial charge in [-0.15, -0.1) is 11.3 Å². The first-order valence-corrected chi connectivity index (χ1v) is 9.12. The van der Waals surface area contributed by atoms with Crippen LogP contribution in [0.25, 0.3) is 10.2 Å². The first-order chi connectivity index (χ1) is 11.5. The number of hydrogen-bond donors (Lipinski definition) is 2. The Morgan fingerprint density at radius 3 is 2.96 bits per heavy atom. The van der Waals surface area contributed by atoms with Crippen molar-refractivity contribution in [1.29, 1.82) is 0 Å². The van der Waals surface area contributed by atoms with Crippen LogP contribution in [-0.4, -0.2) is 21.6 Å². The Balaban J connectivity index is 1.70. The molecule has 0 bridgehead atoms. The molecule has 24 heavy (non-hydrogen) atoms. The van der Waals surface area contributed by atoms with Gasteiger partial charge >= 0.3 is 0 Å². The minimum atomic E-state index is -0.255. The zero-order valence-electron chi connectivity index (χ0n) is 14.2. The summed E-state index contributed by atoms with van der Waals surface area (Å²) in [5.74, 6) is 0.811. The van der Waals surface area contributed by atoms with Gasteiger partial charge in [-0.3, -0.25) is 9.59 Å². The predicted octanol–water partition coefficient (Wildman–Crippen LogP) is 2.83. The molecule has 7 heteroatoms. The van der Waals surface area contributed by atoms with Gasteiger partial charge in [-0.25, -0.2) is 10.4 Å². The van der Waals surface area contributed by atoms with E-state index in [1.54, 1.807) is 0 Å². The van der Waals surface area contributed by atoms with Gasteiger partial charge in [0.05, 0.1) is 11.8 Å². The number of aromatic amines is 1. The lowest BCUT2D eigenvalue weighted by atomic mass is 10.1. The van der Waals surface area contributed by atoms with Gasteiger partial charge < -0.3 is 4.98 Å². The SMILES string of the molecule is CC[C@@H]1CCC(=NNC(=O)Cc2nc3sc(C)c(C)c3c(=O)[nH]2)C1. The summed E-state index contributed by atoms with van der Waals surface area (Å²) in [5, 5.41) is 4.84. The van der Waals surface area contributed by atoms with Crippen molar-refractivity contribution in [3.63, 3.8) is 0 Å². The third-order valence-corrected chi connectivity index (χ3v) is 5.80. The average molecular weight is 346 g/mol. The standard InChI is InChI=1S/C17H22N4O2S/c1-4-11-5-6-12(7-11)20-21-14(22)8-13-18-16(23)15-9(2)10(3)24-17(15)19-13/h11H,4-8H2,1-3H3,(H,21,22)(H,18,19,23)/t11-/m1/s1. The highest BCUT2D eigenvalue weighted by Gasteiger charge is 2.19. The van der Waals surface area contributed by atoms with Crippen LogP contribution in [0.1, 0.15) is 48.9 Å². The highest BCUT2D eigenvalue weighted by Crippen LogP contribution is 2.26. The summed E-state index contributed by atoms with van der Waals surface area (Å²) in [6, 6.07) is 0. The van der Waals surface area contributed by atoms with Gasteiger partial charge in [-0.1, -0.05) is 13.3 Å². The number of rotatable bonds is 4. The smallest absolute Gasteiger partial charge is 0.259 e. The van der Waals surface area contributed by atoms with Crippen molar-refractivity contribution in [2.75, 3.05) is 0 Å². The normalized spacial score (nSPS) is 19.3. The van der Waals surface area contributed by atoms with Crippen molar-refractivity contribution < 1.29 is 4.79 Å². The molecule has 0 spiro atoms. The van der Waals surface area contributed by atoms with E-state index in [1.807, 2.05) is 13.8 Å². The van der Waals surface area contributed by atoms with E-state index in [2.05, 4.69) is 27.4 Å². The van der Waals surface area contributed by atoms with Crippen LogP contribution in [0.3, 0.4) is 0 Å². The van der Waals surface area contributed by atoms with Crippen LogP contribution in [0, 0.1) is 19.8 Å².